The number of amides is 2. The molecule has 0 aliphatic carbocycles. The lowest BCUT2D eigenvalue weighted by Crippen LogP contribution is -2.47. The molecule has 2 amide bonds. The van der Waals surface area contributed by atoms with Crippen molar-refractivity contribution in [3.05, 3.63) is 29.3 Å². The number of urea groups is 1. The first kappa shape index (κ1) is 18.1. The van der Waals surface area contributed by atoms with Gasteiger partial charge in [-0.1, -0.05) is 12.1 Å². The third-order valence-electron chi connectivity index (χ3n) is 5.47. The van der Waals surface area contributed by atoms with Crippen molar-refractivity contribution in [3.8, 4) is 5.75 Å². The van der Waals surface area contributed by atoms with Crippen molar-refractivity contribution >= 4 is 6.03 Å². The Morgan fingerprint density at radius 2 is 2.04 bits per heavy atom. The Balaban J connectivity index is 1.46. The number of carbonyl (C=O) groups excluding carboxylic acids is 1. The summed E-state index contributed by atoms with van der Waals surface area (Å²) in [6, 6.07) is 6.73. The molecule has 1 N–H and O–H groups in total. The van der Waals surface area contributed by atoms with E-state index in [0.717, 1.165) is 43.7 Å². The van der Waals surface area contributed by atoms with Gasteiger partial charge >= 0.3 is 6.03 Å². The van der Waals surface area contributed by atoms with E-state index in [4.69, 9.17) is 4.74 Å². The molecule has 0 radical (unpaired) electrons. The summed E-state index contributed by atoms with van der Waals surface area (Å²) in [6.45, 7) is 7.03. The Bertz CT molecular complexity index is 584. The molecule has 0 aromatic heterocycles. The lowest BCUT2D eigenvalue weighted by Gasteiger charge is -2.28. The van der Waals surface area contributed by atoms with Crippen molar-refractivity contribution in [3.63, 3.8) is 0 Å². The van der Waals surface area contributed by atoms with Crippen LogP contribution in [0.5, 0.6) is 5.75 Å². The molecule has 1 aromatic carbocycles. The average Bonchev–Trinajstić information content (AvgIpc) is 3.28. The van der Waals surface area contributed by atoms with E-state index < -0.39 is 0 Å². The van der Waals surface area contributed by atoms with Crippen LogP contribution in [0.4, 0.5) is 4.79 Å². The SMILES string of the molecule is COc1cc(CCNC(=O)N2CCCC2CN2CCCC2)ccc1C. The summed E-state index contributed by atoms with van der Waals surface area (Å²) in [5, 5.41) is 3.11. The van der Waals surface area contributed by atoms with E-state index >= 15 is 0 Å². The Labute approximate surface area is 151 Å². The van der Waals surface area contributed by atoms with Crippen LogP contribution in [-0.2, 0) is 6.42 Å². The zero-order chi connectivity index (χ0) is 17.6. The predicted molar refractivity (Wildman–Crippen MR) is 100 cm³/mol. The highest BCUT2D eigenvalue weighted by Crippen LogP contribution is 2.21. The minimum Gasteiger partial charge on any atom is -0.496 e. The van der Waals surface area contributed by atoms with Crippen LogP contribution in [0.3, 0.4) is 0 Å². The molecule has 1 aromatic rings. The van der Waals surface area contributed by atoms with E-state index in [1.807, 2.05) is 11.8 Å². The number of carbonyl (C=O) groups is 1. The molecule has 0 saturated carbocycles. The van der Waals surface area contributed by atoms with Crippen LogP contribution < -0.4 is 10.1 Å². The maximum absolute atomic E-state index is 12.6. The normalized spacial score (nSPS) is 20.9. The molecule has 2 aliphatic heterocycles. The van der Waals surface area contributed by atoms with Crippen LogP contribution in [0.1, 0.15) is 36.8 Å². The number of hydrogen-bond donors (Lipinski definition) is 1. The molecule has 5 nitrogen and oxygen atoms in total. The number of hydrogen-bond acceptors (Lipinski definition) is 3. The van der Waals surface area contributed by atoms with Gasteiger partial charge in [0.05, 0.1) is 7.11 Å². The molecule has 2 fully saturated rings. The van der Waals surface area contributed by atoms with Gasteiger partial charge in [-0.2, -0.15) is 0 Å². The highest BCUT2D eigenvalue weighted by Gasteiger charge is 2.30. The Kier molecular flexibility index (Phi) is 6.19. The minimum atomic E-state index is 0.0979. The third kappa shape index (κ3) is 4.66. The summed E-state index contributed by atoms with van der Waals surface area (Å²) in [7, 11) is 1.70. The number of ether oxygens (including phenoxy) is 1. The second-order valence-corrected chi connectivity index (χ2v) is 7.28. The van der Waals surface area contributed by atoms with Crippen molar-refractivity contribution in [1.29, 1.82) is 0 Å². The molecule has 5 heteroatoms. The van der Waals surface area contributed by atoms with E-state index in [1.54, 1.807) is 7.11 Å². The number of likely N-dealkylation sites (tertiary alicyclic amines) is 2. The fraction of sp³-hybridized carbons (Fsp3) is 0.650. The fourth-order valence-electron chi connectivity index (χ4n) is 3.99. The lowest BCUT2D eigenvalue weighted by molar-refractivity contribution is 0.175. The van der Waals surface area contributed by atoms with Crippen molar-refractivity contribution in [2.75, 3.05) is 39.8 Å². The molecule has 1 unspecified atom stereocenters. The predicted octanol–water partition coefficient (Wildman–Crippen LogP) is 2.82. The van der Waals surface area contributed by atoms with Gasteiger partial charge in [0.15, 0.2) is 0 Å². The zero-order valence-electron chi connectivity index (χ0n) is 15.6. The van der Waals surface area contributed by atoms with E-state index in [-0.39, 0.29) is 6.03 Å². The molecule has 2 saturated heterocycles. The second kappa shape index (κ2) is 8.56. The number of benzene rings is 1. The second-order valence-electron chi connectivity index (χ2n) is 7.28. The summed E-state index contributed by atoms with van der Waals surface area (Å²) in [4.78, 5) is 17.1. The summed E-state index contributed by atoms with van der Waals surface area (Å²) >= 11 is 0. The molecule has 0 bridgehead atoms. The van der Waals surface area contributed by atoms with Crippen LogP contribution in [0.15, 0.2) is 18.2 Å². The summed E-state index contributed by atoms with van der Waals surface area (Å²) < 4.78 is 5.37. The van der Waals surface area contributed by atoms with Gasteiger partial charge in [0.1, 0.15) is 5.75 Å². The van der Waals surface area contributed by atoms with E-state index in [2.05, 4.69) is 28.4 Å². The monoisotopic (exact) mass is 345 g/mol. The van der Waals surface area contributed by atoms with Crippen LogP contribution in [0.2, 0.25) is 0 Å². The molecular weight excluding hydrogens is 314 g/mol. The summed E-state index contributed by atoms with van der Waals surface area (Å²) in [5.74, 6) is 0.911. The van der Waals surface area contributed by atoms with Crippen LogP contribution in [-0.4, -0.2) is 61.7 Å². The highest BCUT2D eigenvalue weighted by molar-refractivity contribution is 5.74. The number of rotatable bonds is 6. The van der Waals surface area contributed by atoms with E-state index in [1.165, 1.54) is 31.5 Å². The first-order chi connectivity index (χ1) is 12.2. The van der Waals surface area contributed by atoms with Gasteiger partial charge in [-0.25, -0.2) is 4.79 Å². The van der Waals surface area contributed by atoms with Crippen molar-refractivity contribution in [2.24, 2.45) is 0 Å². The quantitative estimate of drug-likeness (QED) is 0.862. The van der Waals surface area contributed by atoms with E-state index in [0.29, 0.717) is 12.6 Å². The molecule has 2 heterocycles. The standard InChI is InChI=1S/C20H31N3O2/c1-16-7-8-17(14-19(16)25-2)9-10-21-20(24)23-13-5-6-18(23)15-22-11-3-4-12-22/h7-8,14,18H,3-6,9-13,15H2,1-2H3,(H,21,24). The summed E-state index contributed by atoms with van der Waals surface area (Å²) in [6.07, 6.45) is 5.70. The molecule has 2 aliphatic rings. The Hall–Kier alpha value is -1.75. The lowest BCUT2D eigenvalue weighted by atomic mass is 10.1. The zero-order valence-corrected chi connectivity index (χ0v) is 15.6. The van der Waals surface area contributed by atoms with Crippen LogP contribution >= 0.6 is 0 Å². The number of aryl methyl sites for hydroxylation is 1. The first-order valence-corrected chi connectivity index (χ1v) is 9.57. The topological polar surface area (TPSA) is 44.8 Å². The Morgan fingerprint density at radius 3 is 2.80 bits per heavy atom. The van der Waals surface area contributed by atoms with Crippen molar-refractivity contribution in [1.82, 2.24) is 15.1 Å². The maximum Gasteiger partial charge on any atom is 0.317 e. The van der Waals surface area contributed by atoms with Gasteiger partial charge in [-0.15, -0.1) is 0 Å². The molecule has 1 atom stereocenters. The van der Waals surface area contributed by atoms with Crippen molar-refractivity contribution < 1.29 is 9.53 Å². The van der Waals surface area contributed by atoms with E-state index in [9.17, 15) is 4.79 Å². The van der Waals surface area contributed by atoms with Gasteiger partial charge in [0.2, 0.25) is 0 Å². The van der Waals surface area contributed by atoms with Gasteiger partial charge in [-0.05, 0) is 69.3 Å². The number of nitrogens with one attached hydrogen (secondary N) is 1. The van der Waals surface area contributed by atoms with Gasteiger partial charge in [0.25, 0.3) is 0 Å². The maximum atomic E-state index is 12.6. The third-order valence-corrected chi connectivity index (χ3v) is 5.47. The molecule has 0 spiro atoms. The first-order valence-electron chi connectivity index (χ1n) is 9.57. The molecule has 25 heavy (non-hydrogen) atoms. The smallest absolute Gasteiger partial charge is 0.317 e. The number of nitrogens with zero attached hydrogens (tertiary/aromatic N) is 2. The van der Waals surface area contributed by atoms with Crippen LogP contribution in [0.25, 0.3) is 0 Å². The van der Waals surface area contributed by atoms with Crippen LogP contribution in [0, 0.1) is 6.92 Å². The number of methoxy groups -OCH3 is 1. The van der Waals surface area contributed by atoms with Gasteiger partial charge in [0, 0.05) is 25.7 Å². The minimum absolute atomic E-state index is 0.0979. The average molecular weight is 345 g/mol. The van der Waals surface area contributed by atoms with Gasteiger partial charge in [-0.3, -0.25) is 0 Å². The highest BCUT2D eigenvalue weighted by atomic mass is 16.5. The summed E-state index contributed by atoms with van der Waals surface area (Å²) in [5.41, 5.74) is 2.33. The van der Waals surface area contributed by atoms with Gasteiger partial charge < -0.3 is 19.9 Å². The Morgan fingerprint density at radius 1 is 1.24 bits per heavy atom. The fourth-order valence-corrected chi connectivity index (χ4v) is 3.99. The largest absolute Gasteiger partial charge is 0.496 e. The molecule has 3 rings (SSSR count). The van der Waals surface area contributed by atoms with Crippen molar-refractivity contribution in [2.45, 2.75) is 45.1 Å². The molecule has 138 valence electrons. The molecular formula is C20H31N3O2.